The third-order valence-electron chi connectivity index (χ3n) is 2.31. The van der Waals surface area contributed by atoms with Gasteiger partial charge in [0.25, 0.3) is 0 Å². The first-order valence-corrected chi connectivity index (χ1v) is 6.52. The molecule has 0 aliphatic heterocycles. The summed E-state index contributed by atoms with van der Waals surface area (Å²) in [7, 11) is 1.28. The van der Waals surface area contributed by atoms with Crippen molar-refractivity contribution in [3.63, 3.8) is 0 Å². The summed E-state index contributed by atoms with van der Waals surface area (Å²) in [6, 6.07) is 9.31. The second-order valence-electron chi connectivity index (χ2n) is 3.71. The fourth-order valence-electron chi connectivity index (χ4n) is 1.37. The number of amides is 1. The van der Waals surface area contributed by atoms with E-state index < -0.39 is 12.1 Å². The van der Waals surface area contributed by atoms with Crippen LogP contribution in [0.3, 0.4) is 0 Å². The topological polar surface area (TPSA) is 77.5 Å². The van der Waals surface area contributed by atoms with Crippen LogP contribution in [-0.2, 0) is 16.1 Å². The van der Waals surface area contributed by atoms with Crippen LogP contribution in [0.25, 0.3) is 0 Å². The summed E-state index contributed by atoms with van der Waals surface area (Å²) < 4.78 is 9.58. The molecule has 0 bridgehead atoms. The Morgan fingerprint density at radius 3 is 2.75 bits per heavy atom. The summed E-state index contributed by atoms with van der Waals surface area (Å²) in [6.07, 6.45) is 0.711. The molecule has 104 valence electrons. The fraction of sp³-hybridized carbons (Fsp3) is 0.154. The quantitative estimate of drug-likeness (QED) is 0.877. The number of nitrogens with one attached hydrogen (secondary N) is 1. The third-order valence-corrected chi connectivity index (χ3v) is 3.21. The molecule has 0 unspecified atom stereocenters. The number of benzene rings is 1. The number of nitrogens with zero attached hydrogens (tertiary/aromatic N) is 1. The molecule has 2 rings (SSSR count). The van der Waals surface area contributed by atoms with Crippen molar-refractivity contribution in [3.05, 3.63) is 47.0 Å². The van der Waals surface area contributed by atoms with E-state index in [4.69, 9.17) is 4.74 Å². The molecule has 1 N–H and O–H groups in total. The second kappa shape index (κ2) is 6.67. The van der Waals surface area contributed by atoms with Gasteiger partial charge in [-0.3, -0.25) is 5.32 Å². The van der Waals surface area contributed by atoms with Crippen LogP contribution < -0.4 is 5.32 Å². The Kier molecular flexibility index (Phi) is 4.67. The normalized spacial score (nSPS) is 9.85. The van der Waals surface area contributed by atoms with E-state index in [2.05, 4.69) is 15.0 Å². The maximum Gasteiger partial charge on any atom is 0.413 e. The smallest absolute Gasteiger partial charge is 0.413 e. The van der Waals surface area contributed by atoms with Crippen LogP contribution in [0.2, 0.25) is 0 Å². The number of hydrogen-bond donors (Lipinski definition) is 1. The van der Waals surface area contributed by atoms with Crippen molar-refractivity contribution in [2.45, 2.75) is 6.61 Å². The minimum Gasteiger partial charge on any atom is -0.465 e. The van der Waals surface area contributed by atoms with Gasteiger partial charge in [-0.25, -0.2) is 14.6 Å². The highest BCUT2D eigenvalue weighted by atomic mass is 32.1. The van der Waals surface area contributed by atoms with Crippen molar-refractivity contribution >= 4 is 28.5 Å². The van der Waals surface area contributed by atoms with Crippen LogP contribution in [-0.4, -0.2) is 24.2 Å². The number of thiazole rings is 1. The number of ether oxygens (including phenoxy) is 2. The van der Waals surface area contributed by atoms with Crippen molar-refractivity contribution in [2.24, 2.45) is 0 Å². The van der Waals surface area contributed by atoms with E-state index in [9.17, 15) is 9.59 Å². The summed E-state index contributed by atoms with van der Waals surface area (Å²) in [5.41, 5.74) is 0.886. The summed E-state index contributed by atoms with van der Waals surface area (Å²) >= 11 is 1.02. The molecule has 6 nitrogen and oxygen atoms in total. The third kappa shape index (κ3) is 3.79. The van der Waals surface area contributed by atoms with Crippen molar-refractivity contribution in [2.75, 3.05) is 12.4 Å². The van der Waals surface area contributed by atoms with Gasteiger partial charge in [0.1, 0.15) is 11.5 Å². The molecule has 1 aromatic carbocycles. The van der Waals surface area contributed by atoms with Crippen LogP contribution in [0.1, 0.15) is 15.2 Å². The van der Waals surface area contributed by atoms with Gasteiger partial charge in [-0.15, -0.1) is 0 Å². The van der Waals surface area contributed by atoms with Crippen LogP contribution in [0.15, 0.2) is 36.5 Å². The van der Waals surface area contributed by atoms with E-state index >= 15 is 0 Å². The first kappa shape index (κ1) is 14.0. The molecule has 0 atom stereocenters. The lowest BCUT2D eigenvalue weighted by Crippen LogP contribution is -2.13. The number of rotatable bonds is 4. The molecular formula is C13H12N2O4S. The minimum atomic E-state index is -0.625. The average molecular weight is 292 g/mol. The standard InChI is InChI=1S/C13H12N2O4S/c1-18-11(16)10-7-14-12(20-10)15-13(17)19-8-9-5-3-2-4-6-9/h2-7H,8H2,1H3,(H,14,15,17). The highest BCUT2D eigenvalue weighted by molar-refractivity contribution is 7.17. The molecule has 0 spiro atoms. The summed E-state index contributed by atoms with van der Waals surface area (Å²) in [4.78, 5) is 27.0. The molecular weight excluding hydrogens is 280 g/mol. The molecule has 0 radical (unpaired) electrons. The summed E-state index contributed by atoms with van der Waals surface area (Å²) in [5, 5.41) is 2.73. The number of anilines is 1. The monoisotopic (exact) mass is 292 g/mol. The Balaban J connectivity index is 1.85. The summed E-state index contributed by atoms with van der Waals surface area (Å²) in [5.74, 6) is -0.492. The number of carbonyl (C=O) groups excluding carboxylic acids is 2. The van der Waals surface area contributed by atoms with Gasteiger partial charge >= 0.3 is 12.1 Å². The van der Waals surface area contributed by atoms with Crippen LogP contribution >= 0.6 is 11.3 Å². The Morgan fingerprint density at radius 1 is 1.30 bits per heavy atom. The van der Waals surface area contributed by atoms with E-state index in [1.54, 1.807) is 0 Å². The number of methoxy groups -OCH3 is 1. The van der Waals surface area contributed by atoms with E-state index in [1.165, 1.54) is 13.3 Å². The predicted molar refractivity (Wildman–Crippen MR) is 73.7 cm³/mol. The molecule has 1 heterocycles. The zero-order valence-corrected chi connectivity index (χ0v) is 11.5. The zero-order chi connectivity index (χ0) is 14.4. The summed E-state index contributed by atoms with van der Waals surface area (Å²) in [6.45, 7) is 0.169. The average Bonchev–Trinajstić information content (AvgIpc) is 2.94. The molecule has 0 aliphatic rings. The number of aromatic nitrogens is 1. The van der Waals surface area contributed by atoms with Gasteiger partial charge in [-0.1, -0.05) is 41.7 Å². The van der Waals surface area contributed by atoms with Crippen molar-refractivity contribution in [1.82, 2.24) is 4.98 Å². The maximum absolute atomic E-state index is 11.6. The van der Waals surface area contributed by atoms with Gasteiger partial charge in [0, 0.05) is 0 Å². The number of carbonyl (C=O) groups is 2. The SMILES string of the molecule is COC(=O)c1cnc(NC(=O)OCc2ccccc2)s1. The Labute approximate surface area is 119 Å². The van der Waals surface area contributed by atoms with Crippen LogP contribution in [0.4, 0.5) is 9.93 Å². The Hall–Kier alpha value is -2.41. The first-order valence-electron chi connectivity index (χ1n) is 5.71. The molecule has 0 saturated heterocycles. The van der Waals surface area contributed by atoms with E-state index in [1.807, 2.05) is 30.3 Å². The first-order chi connectivity index (χ1) is 9.69. The molecule has 1 amide bonds. The molecule has 0 saturated carbocycles. The number of esters is 1. The largest absolute Gasteiger partial charge is 0.465 e. The van der Waals surface area contributed by atoms with Crippen LogP contribution in [0.5, 0.6) is 0 Å². The van der Waals surface area contributed by atoms with Gasteiger partial charge in [0.2, 0.25) is 0 Å². The zero-order valence-electron chi connectivity index (χ0n) is 10.7. The van der Waals surface area contributed by atoms with Crippen molar-refractivity contribution in [1.29, 1.82) is 0 Å². The van der Waals surface area contributed by atoms with Gasteiger partial charge in [-0.2, -0.15) is 0 Å². The van der Waals surface area contributed by atoms with Gasteiger partial charge in [0.05, 0.1) is 13.3 Å². The molecule has 0 fully saturated rings. The Morgan fingerprint density at radius 2 is 2.05 bits per heavy atom. The lowest BCUT2D eigenvalue weighted by atomic mass is 10.2. The molecule has 20 heavy (non-hydrogen) atoms. The van der Waals surface area contributed by atoms with Crippen molar-refractivity contribution in [3.8, 4) is 0 Å². The van der Waals surface area contributed by atoms with Gasteiger partial charge < -0.3 is 9.47 Å². The van der Waals surface area contributed by atoms with E-state index in [-0.39, 0.29) is 11.7 Å². The highest BCUT2D eigenvalue weighted by Gasteiger charge is 2.12. The molecule has 7 heteroatoms. The molecule has 0 aliphatic carbocycles. The Bertz CT molecular complexity index is 597. The predicted octanol–water partition coefficient (Wildman–Crippen LogP) is 2.68. The van der Waals surface area contributed by atoms with E-state index in [0.29, 0.717) is 4.88 Å². The highest BCUT2D eigenvalue weighted by Crippen LogP contribution is 2.18. The maximum atomic E-state index is 11.6. The fourth-order valence-corrected chi connectivity index (χ4v) is 2.09. The van der Waals surface area contributed by atoms with E-state index in [0.717, 1.165) is 16.9 Å². The van der Waals surface area contributed by atoms with Crippen molar-refractivity contribution < 1.29 is 19.1 Å². The lowest BCUT2D eigenvalue weighted by molar-refractivity contribution is 0.0606. The molecule has 2 aromatic rings. The van der Waals surface area contributed by atoms with Gasteiger partial charge in [-0.05, 0) is 5.56 Å². The van der Waals surface area contributed by atoms with Crippen LogP contribution in [0, 0.1) is 0 Å². The minimum absolute atomic E-state index is 0.169. The second-order valence-corrected chi connectivity index (χ2v) is 4.74. The lowest BCUT2D eigenvalue weighted by Gasteiger charge is -2.04. The molecule has 1 aromatic heterocycles. The van der Waals surface area contributed by atoms with Gasteiger partial charge in [0.15, 0.2) is 5.13 Å². The number of hydrogen-bond acceptors (Lipinski definition) is 6.